The Morgan fingerprint density at radius 3 is 2.65 bits per heavy atom. The molecule has 0 saturated carbocycles. The van der Waals surface area contributed by atoms with Crippen molar-refractivity contribution in [3.05, 3.63) is 59.7 Å². The molecule has 2 rings (SSSR count). The highest BCUT2D eigenvalue weighted by Crippen LogP contribution is 2.09. The van der Waals surface area contributed by atoms with Gasteiger partial charge in [0.25, 0.3) is 0 Å². The SMILES string of the molecule is NCc1ccc(S(=O)(=O)NCc2cccc(F)c2)cn1. The molecule has 5 nitrogen and oxygen atoms in total. The number of aromatic nitrogens is 1. The lowest BCUT2D eigenvalue weighted by molar-refractivity contribution is 0.579. The van der Waals surface area contributed by atoms with E-state index in [0.29, 0.717) is 11.3 Å². The number of benzene rings is 1. The van der Waals surface area contributed by atoms with Crippen LogP contribution in [-0.2, 0) is 23.1 Å². The lowest BCUT2D eigenvalue weighted by Crippen LogP contribution is -2.23. The Hall–Kier alpha value is -1.83. The number of nitrogens with two attached hydrogens (primary N) is 1. The maximum atomic E-state index is 13.0. The van der Waals surface area contributed by atoms with Crippen molar-refractivity contribution >= 4 is 10.0 Å². The summed E-state index contributed by atoms with van der Waals surface area (Å²) in [4.78, 5) is 3.98. The van der Waals surface area contributed by atoms with Gasteiger partial charge in [-0.05, 0) is 29.8 Å². The van der Waals surface area contributed by atoms with Crippen molar-refractivity contribution < 1.29 is 12.8 Å². The highest BCUT2D eigenvalue weighted by atomic mass is 32.2. The fourth-order valence-corrected chi connectivity index (χ4v) is 2.56. The molecule has 1 aromatic carbocycles. The van der Waals surface area contributed by atoms with Crippen molar-refractivity contribution in [3.63, 3.8) is 0 Å². The van der Waals surface area contributed by atoms with E-state index in [2.05, 4.69) is 9.71 Å². The van der Waals surface area contributed by atoms with E-state index >= 15 is 0 Å². The van der Waals surface area contributed by atoms with Crippen molar-refractivity contribution in [1.82, 2.24) is 9.71 Å². The Morgan fingerprint density at radius 2 is 2.05 bits per heavy atom. The molecule has 2 aromatic rings. The van der Waals surface area contributed by atoms with Crippen molar-refractivity contribution in [1.29, 1.82) is 0 Å². The minimum atomic E-state index is -3.67. The first-order chi connectivity index (χ1) is 9.51. The molecule has 0 aliphatic heterocycles. The molecular weight excluding hydrogens is 281 g/mol. The molecular formula is C13H14FN3O2S. The molecule has 0 saturated heterocycles. The van der Waals surface area contributed by atoms with Crippen LogP contribution >= 0.6 is 0 Å². The van der Waals surface area contributed by atoms with E-state index in [4.69, 9.17) is 5.73 Å². The van der Waals surface area contributed by atoms with E-state index < -0.39 is 15.8 Å². The zero-order chi connectivity index (χ0) is 14.6. The van der Waals surface area contributed by atoms with Crippen molar-refractivity contribution in [2.45, 2.75) is 18.0 Å². The summed E-state index contributed by atoms with van der Waals surface area (Å²) in [6, 6.07) is 8.73. The second-order valence-corrected chi connectivity index (χ2v) is 5.91. The summed E-state index contributed by atoms with van der Waals surface area (Å²) in [5.41, 5.74) is 6.54. The van der Waals surface area contributed by atoms with Gasteiger partial charge in [0, 0.05) is 19.3 Å². The second kappa shape index (κ2) is 6.08. The number of pyridine rings is 1. The van der Waals surface area contributed by atoms with E-state index in [1.54, 1.807) is 12.1 Å². The average Bonchev–Trinajstić information content (AvgIpc) is 2.45. The second-order valence-electron chi connectivity index (χ2n) is 4.14. The molecule has 0 aliphatic rings. The molecule has 0 fully saturated rings. The number of nitrogens with one attached hydrogen (secondary N) is 1. The summed E-state index contributed by atoms with van der Waals surface area (Å²) in [5, 5.41) is 0. The molecule has 1 aromatic heterocycles. The van der Waals surface area contributed by atoms with Crippen LogP contribution in [0.2, 0.25) is 0 Å². The quantitative estimate of drug-likeness (QED) is 0.866. The zero-order valence-corrected chi connectivity index (χ0v) is 11.4. The predicted octanol–water partition coefficient (Wildman–Crippen LogP) is 1.16. The minimum absolute atomic E-state index is 0.0126. The van der Waals surface area contributed by atoms with Gasteiger partial charge < -0.3 is 5.73 Å². The smallest absolute Gasteiger partial charge is 0.242 e. The Morgan fingerprint density at radius 1 is 1.25 bits per heavy atom. The lowest BCUT2D eigenvalue weighted by atomic mass is 10.2. The van der Waals surface area contributed by atoms with Gasteiger partial charge in [0.15, 0.2) is 0 Å². The van der Waals surface area contributed by atoms with E-state index in [1.807, 2.05) is 0 Å². The maximum Gasteiger partial charge on any atom is 0.242 e. The fraction of sp³-hybridized carbons (Fsp3) is 0.154. The molecule has 3 N–H and O–H groups in total. The number of rotatable bonds is 5. The first-order valence-electron chi connectivity index (χ1n) is 5.90. The van der Waals surface area contributed by atoms with Crippen LogP contribution in [0.25, 0.3) is 0 Å². The third kappa shape index (κ3) is 3.60. The van der Waals surface area contributed by atoms with Crippen LogP contribution < -0.4 is 10.5 Å². The van der Waals surface area contributed by atoms with Crippen LogP contribution in [-0.4, -0.2) is 13.4 Å². The molecule has 0 spiro atoms. The predicted molar refractivity (Wildman–Crippen MR) is 72.6 cm³/mol. The molecule has 0 unspecified atom stereocenters. The molecule has 0 bridgehead atoms. The zero-order valence-electron chi connectivity index (χ0n) is 10.6. The van der Waals surface area contributed by atoms with Crippen LogP contribution in [0, 0.1) is 5.82 Å². The van der Waals surface area contributed by atoms with Crippen LogP contribution in [0.4, 0.5) is 4.39 Å². The maximum absolute atomic E-state index is 13.0. The molecule has 20 heavy (non-hydrogen) atoms. The Labute approximate surface area is 116 Å². The van der Waals surface area contributed by atoms with Gasteiger partial charge in [-0.1, -0.05) is 12.1 Å². The number of nitrogens with zero attached hydrogens (tertiary/aromatic N) is 1. The topological polar surface area (TPSA) is 85.1 Å². The summed E-state index contributed by atoms with van der Waals surface area (Å²) in [6.07, 6.45) is 1.25. The van der Waals surface area contributed by atoms with Crippen LogP contribution in [0.15, 0.2) is 47.5 Å². The normalized spacial score (nSPS) is 11.5. The van der Waals surface area contributed by atoms with E-state index in [0.717, 1.165) is 0 Å². The highest BCUT2D eigenvalue weighted by molar-refractivity contribution is 7.89. The molecule has 1 heterocycles. The minimum Gasteiger partial charge on any atom is -0.325 e. The molecule has 0 radical (unpaired) electrons. The third-order valence-electron chi connectivity index (χ3n) is 2.67. The van der Waals surface area contributed by atoms with Gasteiger partial charge in [-0.3, -0.25) is 4.98 Å². The van der Waals surface area contributed by atoms with Crippen LogP contribution in [0.3, 0.4) is 0 Å². The van der Waals surface area contributed by atoms with Crippen LogP contribution in [0.5, 0.6) is 0 Å². The van der Waals surface area contributed by atoms with Gasteiger partial charge >= 0.3 is 0 Å². The van der Waals surface area contributed by atoms with Gasteiger partial charge in [-0.2, -0.15) is 0 Å². The van der Waals surface area contributed by atoms with Crippen LogP contribution in [0.1, 0.15) is 11.3 Å². The summed E-state index contributed by atoms with van der Waals surface area (Å²) in [7, 11) is -3.67. The van der Waals surface area contributed by atoms with Gasteiger partial charge in [0.2, 0.25) is 10.0 Å². The molecule has 7 heteroatoms. The Bertz CT molecular complexity index is 687. The monoisotopic (exact) mass is 295 g/mol. The van der Waals surface area contributed by atoms with E-state index in [1.165, 1.54) is 30.5 Å². The van der Waals surface area contributed by atoms with E-state index in [-0.39, 0.29) is 18.0 Å². The van der Waals surface area contributed by atoms with Crippen molar-refractivity contribution in [2.24, 2.45) is 5.73 Å². The number of sulfonamides is 1. The number of hydrogen-bond acceptors (Lipinski definition) is 4. The highest BCUT2D eigenvalue weighted by Gasteiger charge is 2.14. The van der Waals surface area contributed by atoms with Gasteiger partial charge in [-0.25, -0.2) is 17.5 Å². The Balaban J connectivity index is 2.10. The van der Waals surface area contributed by atoms with Crippen molar-refractivity contribution in [2.75, 3.05) is 0 Å². The lowest BCUT2D eigenvalue weighted by Gasteiger charge is -2.07. The molecule has 0 aliphatic carbocycles. The molecule has 106 valence electrons. The number of halogens is 1. The summed E-state index contributed by atoms with van der Waals surface area (Å²) in [5.74, 6) is -0.407. The molecule has 0 amide bonds. The average molecular weight is 295 g/mol. The molecule has 0 atom stereocenters. The van der Waals surface area contributed by atoms with E-state index in [9.17, 15) is 12.8 Å². The standard InChI is InChI=1S/C13H14FN3O2S/c14-11-3-1-2-10(6-11)8-17-20(18,19)13-5-4-12(7-15)16-9-13/h1-6,9,17H,7-8,15H2. The summed E-state index contributed by atoms with van der Waals surface area (Å²) < 4.78 is 39.4. The largest absolute Gasteiger partial charge is 0.325 e. The van der Waals surface area contributed by atoms with Crippen molar-refractivity contribution in [3.8, 4) is 0 Å². The first kappa shape index (κ1) is 14.6. The van der Waals surface area contributed by atoms with Gasteiger partial charge in [0.1, 0.15) is 10.7 Å². The number of hydrogen-bond donors (Lipinski definition) is 2. The summed E-state index contributed by atoms with van der Waals surface area (Å²) >= 11 is 0. The van der Waals surface area contributed by atoms with Gasteiger partial charge in [0.05, 0.1) is 5.69 Å². The Kier molecular flexibility index (Phi) is 4.43. The first-order valence-corrected chi connectivity index (χ1v) is 7.39. The fourth-order valence-electron chi connectivity index (χ4n) is 1.60. The third-order valence-corrected chi connectivity index (χ3v) is 4.06. The summed E-state index contributed by atoms with van der Waals surface area (Å²) in [6.45, 7) is 0.260. The van der Waals surface area contributed by atoms with Gasteiger partial charge in [-0.15, -0.1) is 0 Å².